The van der Waals surface area contributed by atoms with Crippen LogP contribution in [0.4, 0.5) is 10.2 Å². The highest BCUT2D eigenvalue weighted by atomic mass is 19.1. The fraction of sp³-hybridized carbons (Fsp3) is 0.192. The highest BCUT2D eigenvalue weighted by Crippen LogP contribution is 2.26. The number of nitrogens with zero attached hydrogens (tertiary/aromatic N) is 2. The second-order valence-electron chi connectivity index (χ2n) is 7.97. The minimum Gasteiger partial charge on any atom is -0.385 e. The van der Waals surface area contributed by atoms with Crippen LogP contribution >= 0.6 is 0 Å². The van der Waals surface area contributed by atoms with E-state index in [-0.39, 0.29) is 17.4 Å². The summed E-state index contributed by atoms with van der Waals surface area (Å²) >= 11 is 0. The van der Waals surface area contributed by atoms with Crippen molar-refractivity contribution in [3.05, 3.63) is 101 Å². The van der Waals surface area contributed by atoms with Gasteiger partial charge in [-0.05, 0) is 47.5 Å². The first-order chi connectivity index (χ1) is 16.0. The van der Waals surface area contributed by atoms with Gasteiger partial charge in [0.15, 0.2) is 0 Å². The molecule has 0 bridgehead atoms. The largest absolute Gasteiger partial charge is 0.385 e. The molecule has 0 saturated carbocycles. The molecule has 3 aromatic rings. The molecule has 1 saturated heterocycles. The number of allylic oxidation sites excluding steroid dienone is 1. The lowest BCUT2D eigenvalue weighted by Gasteiger charge is -2.32. The maximum absolute atomic E-state index is 13.5. The van der Waals surface area contributed by atoms with E-state index in [0.717, 1.165) is 30.9 Å². The number of carbonyl (C=O) groups excluding carboxylic acids is 1. The highest BCUT2D eigenvalue weighted by Gasteiger charge is 2.22. The van der Waals surface area contributed by atoms with Gasteiger partial charge in [-0.1, -0.05) is 30.3 Å². The number of pyridine rings is 1. The molecule has 4 rings (SSSR count). The van der Waals surface area contributed by atoms with Gasteiger partial charge in [-0.25, -0.2) is 9.37 Å². The van der Waals surface area contributed by atoms with E-state index in [1.165, 1.54) is 24.6 Å². The van der Waals surface area contributed by atoms with Gasteiger partial charge in [-0.15, -0.1) is 0 Å². The molecule has 1 aliphatic heterocycles. The average Bonchev–Trinajstić information content (AvgIpc) is 2.80. The Morgan fingerprint density at radius 2 is 1.88 bits per heavy atom. The lowest BCUT2D eigenvalue weighted by atomic mass is 9.93. The van der Waals surface area contributed by atoms with Gasteiger partial charge in [0.25, 0.3) is 0 Å². The Balaban J connectivity index is 1.73. The summed E-state index contributed by atoms with van der Waals surface area (Å²) in [5.41, 5.74) is 4.48. The van der Waals surface area contributed by atoms with Crippen LogP contribution in [0.3, 0.4) is 0 Å². The minimum absolute atomic E-state index is 0.215. The number of carbonyl (C=O) groups is 1. The number of piperazine rings is 1. The summed E-state index contributed by atoms with van der Waals surface area (Å²) in [6.45, 7) is 4.48. The first kappa shape index (κ1) is 22.4. The van der Waals surface area contributed by atoms with E-state index in [1.807, 2.05) is 24.3 Å². The van der Waals surface area contributed by atoms with E-state index in [1.54, 1.807) is 24.4 Å². The predicted octanol–water partition coefficient (Wildman–Crippen LogP) is 4.06. The number of halogens is 1. The SMILES string of the molecule is CC(=O)Nc1cc(/C(C(=N)c2ccc(F)cc2)=C2\CN(Cc3ccccc3)CCN2)ccn1. The Hall–Kier alpha value is -3.84. The van der Waals surface area contributed by atoms with Crippen molar-refractivity contribution in [1.29, 1.82) is 5.41 Å². The molecule has 7 heteroatoms. The Morgan fingerprint density at radius 1 is 1.12 bits per heavy atom. The number of hydrogen-bond donors (Lipinski definition) is 3. The van der Waals surface area contributed by atoms with Crippen molar-refractivity contribution in [1.82, 2.24) is 15.2 Å². The fourth-order valence-corrected chi connectivity index (χ4v) is 3.93. The van der Waals surface area contributed by atoms with E-state index < -0.39 is 0 Å². The van der Waals surface area contributed by atoms with Crippen LogP contribution in [0, 0.1) is 11.2 Å². The number of benzene rings is 2. The molecule has 168 valence electrons. The van der Waals surface area contributed by atoms with Gasteiger partial charge < -0.3 is 10.6 Å². The van der Waals surface area contributed by atoms with E-state index in [9.17, 15) is 9.18 Å². The second-order valence-corrected chi connectivity index (χ2v) is 7.97. The summed E-state index contributed by atoms with van der Waals surface area (Å²) in [4.78, 5) is 18.1. The maximum atomic E-state index is 13.5. The fourth-order valence-electron chi connectivity index (χ4n) is 3.93. The molecular weight excluding hydrogens is 417 g/mol. The normalized spacial score (nSPS) is 15.5. The predicted molar refractivity (Wildman–Crippen MR) is 128 cm³/mol. The lowest BCUT2D eigenvalue weighted by Crippen LogP contribution is -2.42. The zero-order valence-electron chi connectivity index (χ0n) is 18.4. The molecule has 0 radical (unpaired) electrons. The maximum Gasteiger partial charge on any atom is 0.222 e. The van der Waals surface area contributed by atoms with Crippen LogP contribution < -0.4 is 10.6 Å². The lowest BCUT2D eigenvalue weighted by molar-refractivity contribution is -0.114. The first-order valence-corrected chi connectivity index (χ1v) is 10.8. The van der Waals surface area contributed by atoms with E-state index >= 15 is 0 Å². The summed E-state index contributed by atoms with van der Waals surface area (Å²) in [5, 5.41) is 15.2. The van der Waals surface area contributed by atoms with Gasteiger partial charge in [0, 0.05) is 56.1 Å². The number of rotatable bonds is 6. The zero-order chi connectivity index (χ0) is 23.2. The van der Waals surface area contributed by atoms with Crippen LogP contribution in [0.5, 0.6) is 0 Å². The van der Waals surface area contributed by atoms with Gasteiger partial charge in [-0.2, -0.15) is 0 Å². The quantitative estimate of drug-likeness (QED) is 0.502. The van der Waals surface area contributed by atoms with Crippen molar-refractivity contribution in [2.45, 2.75) is 13.5 Å². The molecule has 1 aliphatic rings. The van der Waals surface area contributed by atoms with Crippen LogP contribution in [0.25, 0.3) is 5.57 Å². The van der Waals surface area contributed by atoms with Crippen molar-refractivity contribution < 1.29 is 9.18 Å². The van der Waals surface area contributed by atoms with Gasteiger partial charge >= 0.3 is 0 Å². The van der Waals surface area contributed by atoms with Crippen molar-refractivity contribution in [2.75, 3.05) is 25.0 Å². The van der Waals surface area contributed by atoms with E-state index in [0.29, 0.717) is 23.5 Å². The van der Waals surface area contributed by atoms with E-state index in [4.69, 9.17) is 5.41 Å². The van der Waals surface area contributed by atoms with Crippen molar-refractivity contribution >= 4 is 23.0 Å². The topological polar surface area (TPSA) is 81.1 Å². The smallest absolute Gasteiger partial charge is 0.222 e. The first-order valence-electron chi connectivity index (χ1n) is 10.8. The van der Waals surface area contributed by atoms with Crippen LogP contribution in [0.15, 0.2) is 78.6 Å². The van der Waals surface area contributed by atoms with Gasteiger partial charge in [-0.3, -0.25) is 15.1 Å². The molecule has 33 heavy (non-hydrogen) atoms. The molecule has 3 N–H and O–H groups in total. The number of hydrogen-bond acceptors (Lipinski definition) is 5. The van der Waals surface area contributed by atoms with Crippen LogP contribution in [-0.4, -0.2) is 41.1 Å². The average molecular weight is 444 g/mol. The number of anilines is 1. The van der Waals surface area contributed by atoms with Crippen LogP contribution in [-0.2, 0) is 11.3 Å². The van der Waals surface area contributed by atoms with Crippen molar-refractivity contribution in [3.8, 4) is 0 Å². The third kappa shape index (κ3) is 5.70. The van der Waals surface area contributed by atoms with Gasteiger partial charge in [0.2, 0.25) is 5.91 Å². The molecule has 6 nitrogen and oxygen atoms in total. The summed E-state index contributed by atoms with van der Waals surface area (Å²) in [6.07, 6.45) is 1.61. The third-order valence-electron chi connectivity index (χ3n) is 5.43. The Morgan fingerprint density at radius 3 is 2.61 bits per heavy atom. The molecule has 2 aromatic carbocycles. The molecule has 0 spiro atoms. The summed E-state index contributed by atoms with van der Waals surface area (Å²) in [7, 11) is 0. The molecule has 1 fully saturated rings. The summed E-state index contributed by atoms with van der Waals surface area (Å²) in [6, 6.07) is 19.8. The minimum atomic E-state index is -0.345. The highest BCUT2D eigenvalue weighted by molar-refractivity contribution is 6.31. The molecular formula is C26H26FN5O. The standard InChI is InChI=1S/C26H26FN5O/c1-18(33)31-24-15-21(11-12-30-24)25(26(28)20-7-9-22(27)10-8-20)23-17-32(14-13-29-23)16-19-5-3-2-4-6-19/h2-12,15,28-29H,13-14,16-17H2,1H3,(H,30,31,33)/b25-23-,28-26?. The Kier molecular flexibility index (Phi) is 6.90. The van der Waals surface area contributed by atoms with Crippen molar-refractivity contribution in [3.63, 3.8) is 0 Å². The molecule has 2 heterocycles. The van der Waals surface area contributed by atoms with Crippen LogP contribution in [0.2, 0.25) is 0 Å². The Bertz CT molecular complexity index is 1170. The van der Waals surface area contributed by atoms with Gasteiger partial charge in [0.05, 0.1) is 5.71 Å². The van der Waals surface area contributed by atoms with Crippen molar-refractivity contribution in [2.24, 2.45) is 0 Å². The number of nitrogens with one attached hydrogen (secondary N) is 3. The third-order valence-corrected chi connectivity index (χ3v) is 5.43. The molecule has 0 aliphatic carbocycles. The number of amides is 1. The monoisotopic (exact) mass is 443 g/mol. The summed E-state index contributed by atoms with van der Waals surface area (Å²) < 4.78 is 13.5. The van der Waals surface area contributed by atoms with E-state index in [2.05, 4.69) is 32.7 Å². The molecule has 1 amide bonds. The van der Waals surface area contributed by atoms with Crippen LogP contribution in [0.1, 0.15) is 23.6 Å². The molecule has 0 unspecified atom stereocenters. The molecule has 0 atom stereocenters. The summed E-state index contributed by atoms with van der Waals surface area (Å²) in [5.74, 6) is -0.142. The van der Waals surface area contributed by atoms with Gasteiger partial charge in [0.1, 0.15) is 11.6 Å². The zero-order valence-corrected chi connectivity index (χ0v) is 18.4. The number of aromatic nitrogens is 1. The second kappa shape index (κ2) is 10.2. The molecule has 1 aromatic heterocycles. The Labute approximate surface area is 192 Å².